The Morgan fingerprint density at radius 3 is 2.89 bits per heavy atom. The smallest absolute Gasteiger partial charge is 0.120 e. The molecule has 0 aliphatic heterocycles. The van der Waals surface area contributed by atoms with Crippen LogP contribution in [-0.4, -0.2) is 19.7 Å². The van der Waals surface area contributed by atoms with E-state index in [2.05, 4.69) is 11.9 Å². The molecule has 0 fully saturated rings. The van der Waals surface area contributed by atoms with E-state index in [9.17, 15) is 0 Å². The first kappa shape index (κ1) is 16.1. The molecular formula is C16H24ClNO. The molecule has 2 nitrogen and oxygen atoms in total. The van der Waals surface area contributed by atoms with Crippen LogP contribution in [0.4, 0.5) is 0 Å². The summed E-state index contributed by atoms with van der Waals surface area (Å²) in [7, 11) is 1.98. The van der Waals surface area contributed by atoms with Crippen molar-refractivity contribution in [3.63, 3.8) is 0 Å². The van der Waals surface area contributed by atoms with E-state index >= 15 is 0 Å². The molecule has 1 N–H and O–H groups in total. The van der Waals surface area contributed by atoms with E-state index < -0.39 is 0 Å². The minimum absolute atomic E-state index is 0.391. The van der Waals surface area contributed by atoms with Crippen molar-refractivity contribution in [2.24, 2.45) is 0 Å². The molecule has 0 radical (unpaired) electrons. The molecule has 0 aromatic heterocycles. The van der Waals surface area contributed by atoms with Crippen LogP contribution in [0.3, 0.4) is 0 Å². The van der Waals surface area contributed by atoms with Crippen molar-refractivity contribution in [1.29, 1.82) is 0 Å². The molecule has 0 saturated heterocycles. The maximum absolute atomic E-state index is 5.92. The van der Waals surface area contributed by atoms with Gasteiger partial charge in [-0.05, 0) is 44.5 Å². The topological polar surface area (TPSA) is 21.3 Å². The second-order valence-electron chi connectivity index (χ2n) is 4.68. The van der Waals surface area contributed by atoms with Gasteiger partial charge in [-0.25, -0.2) is 0 Å². The van der Waals surface area contributed by atoms with Crippen molar-refractivity contribution in [2.45, 2.75) is 38.1 Å². The third kappa shape index (κ3) is 7.24. The highest BCUT2D eigenvalue weighted by molar-refractivity contribution is 6.30. The summed E-state index contributed by atoms with van der Waals surface area (Å²) < 4.78 is 5.75. The average molecular weight is 282 g/mol. The molecule has 1 rings (SSSR count). The Morgan fingerprint density at radius 1 is 1.37 bits per heavy atom. The van der Waals surface area contributed by atoms with Crippen LogP contribution in [-0.2, 0) is 0 Å². The number of nitrogens with one attached hydrogen (secondary N) is 1. The number of hydrogen-bond donors (Lipinski definition) is 1. The number of likely N-dealkylation sites (N-methyl/N-ethyl adjacent to an activating group) is 1. The minimum atomic E-state index is 0.391. The molecule has 0 aliphatic carbocycles. The minimum Gasteiger partial charge on any atom is -0.492 e. The van der Waals surface area contributed by atoms with E-state index in [1.54, 1.807) is 0 Å². The summed E-state index contributed by atoms with van der Waals surface area (Å²) in [6, 6.07) is 7.93. The van der Waals surface area contributed by atoms with Crippen LogP contribution in [0.25, 0.3) is 0 Å². The zero-order chi connectivity index (χ0) is 13.9. The van der Waals surface area contributed by atoms with Gasteiger partial charge in [0.1, 0.15) is 12.4 Å². The summed E-state index contributed by atoms with van der Waals surface area (Å²) in [5.74, 6) is 0.833. The normalized spacial score (nSPS) is 12.1. The van der Waals surface area contributed by atoms with Crippen LogP contribution in [0.15, 0.2) is 36.9 Å². The summed E-state index contributed by atoms with van der Waals surface area (Å²) in [5, 5.41) is 4.01. The summed E-state index contributed by atoms with van der Waals surface area (Å²) >= 11 is 5.92. The quantitative estimate of drug-likeness (QED) is 0.505. The Morgan fingerprint density at radius 2 is 2.21 bits per heavy atom. The van der Waals surface area contributed by atoms with Crippen molar-refractivity contribution in [3.8, 4) is 5.75 Å². The van der Waals surface area contributed by atoms with Crippen molar-refractivity contribution in [3.05, 3.63) is 41.9 Å². The fraction of sp³-hybridized carbons (Fsp3) is 0.500. The third-order valence-electron chi connectivity index (χ3n) is 3.12. The molecule has 1 atom stereocenters. The zero-order valence-corrected chi connectivity index (χ0v) is 12.5. The number of benzene rings is 1. The highest BCUT2D eigenvalue weighted by atomic mass is 35.5. The standard InChI is InChI=1S/C16H24ClNO/c1-3-4-5-6-7-10-15(18-2)13-19-16-11-8-9-14(17)12-16/h3,8-9,11-12,15,18H,1,4-7,10,13H2,2H3. The Labute approximate surface area is 121 Å². The Kier molecular flexibility index (Phi) is 8.35. The van der Waals surface area contributed by atoms with E-state index in [0.29, 0.717) is 17.7 Å². The number of unbranched alkanes of at least 4 members (excludes halogenated alkanes) is 3. The van der Waals surface area contributed by atoms with Crippen molar-refractivity contribution in [2.75, 3.05) is 13.7 Å². The first-order chi connectivity index (χ1) is 9.26. The number of rotatable bonds is 10. The van der Waals surface area contributed by atoms with Crippen LogP contribution < -0.4 is 10.1 Å². The molecule has 0 spiro atoms. The number of halogens is 1. The van der Waals surface area contributed by atoms with Crippen molar-refractivity contribution in [1.82, 2.24) is 5.32 Å². The highest BCUT2D eigenvalue weighted by Gasteiger charge is 2.06. The van der Waals surface area contributed by atoms with Gasteiger partial charge in [-0.1, -0.05) is 36.6 Å². The van der Waals surface area contributed by atoms with E-state index in [0.717, 1.165) is 18.6 Å². The van der Waals surface area contributed by atoms with Gasteiger partial charge in [0, 0.05) is 11.1 Å². The van der Waals surface area contributed by atoms with Gasteiger partial charge in [0.05, 0.1) is 0 Å². The van der Waals surface area contributed by atoms with Gasteiger partial charge in [-0.3, -0.25) is 0 Å². The molecule has 0 saturated carbocycles. The predicted octanol–water partition coefficient (Wildman–Crippen LogP) is 4.44. The molecule has 1 aromatic rings. The van der Waals surface area contributed by atoms with Gasteiger partial charge >= 0.3 is 0 Å². The van der Waals surface area contributed by atoms with E-state index in [-0.39, 0.29) is 0 Å². The first-order valence-electron chi connectivity index (χ1n) is 6.92. The zero-order valence-electron chi connectivity index (χ0n) is 11.7. The Bertz CT molecular complexity index is 368. The van der Waals surface area contributed by atoms with E-state index in [1.165, 1.54) is 19.3 Å². The predicted molar refractivity (Wildman–Crippen MR) is 83.1 cm³/mol. The Balaban J connectivity index is 2.22. The Hall–Kier alpha value is -0.990. The maximum atomic E-state index is 5.92. The molecule has 0 amide bonds. The molecule has 1 unspecified atom stereocenters. The fourth-order valence-electron chi connectivity index (χ4n) is 1.92. The third-order valence-corrected chi connectivity index (χ3v) is 3.35. The van der Waals surface area contributed by atoms with Gasteiger partial charge in [0.15, 0.2) is 0 Å². The van der Waals surface area contributed by atoms with Crippen molar-refractivity contribution >= 4 is 11.6 Å². The lowest BCUT2D eigenvalue weighted by Crippen LogP contribution is -2.31. The number of ether oxygens (including phenoxy) is 1. The summed E-state index contributed by atoms with van der Waals surface area (Å²) in [5.41, 5.74) is 0. The summed E-state index contributed by atoms with van der Waals surface area (Å²) in [4.78, 5) is 0. The molecule has 106 valence electrons. The van der Waals surface area contributed by atoms with Gasteiger partial charge in [-0.2, -0.15) is 0 Å². The molecule has 3 heteroatoms. The lowest BCUT2D eigenvalue weighted by atomic mass is 10.1. The molecule has 19 heavy (non-hydrogen) atoms. The molecule has 0 bridgehead atoms. The van der Waals surface area contributed by atoms with Crippen LogP contribution in [0, 0.1) is 0 Å². The average Bonchev–Trinajstić information content (AvgIpc) is 2.42. The van der Waals surface area contributed by atoms with Crippen LogP contribution in [0.5, 0.6) is 5.75 Å². The van der Waals surface area contributed by atoms with Crippen LogP contribution in [0.2, 0.25) is 5.02 Å². The van der Waals surface area contributed by atoms with Crippen LogP contribution >= 0.6 is 11.6 Å². The van der Waals surface area contributed by atoms with Gasteiger partial charge < -0.3 is 10.1 Å². The van der Waals surface area contributed by atoms with Gasteiger partial charge in [0.25, 0.3) is 0 Å². The summed E-state index contributed by atoms with van der Waals surface area (Å²) in [6.45, 7) is 4.42. The second kappa shape index (κ2) is 9.88. The molecule has 1 aromatic carbocycles. The van der Waals surface area contributed by atoms with Gasteiger partial charge in [0.2, 0.25) is 0 Å². The monoisotopic (exact) mass is 281 g/mol. The molecular weight excluding hydrogens is 258 g/mol. The van der Waals surface area contributed by atoms with Crippen molar-refractivity contribution < 1.29 is 4.74 Å². The number of allylic oxidation sites excluding steroid dienone is 1. The maximum Gasteiger partial charge on any atom is 0.120 e. The van der Waals surface area contributed by atoms with E-state index in [1.807, 2.05) is 37.4 Å². The largest absolute Gasteiger partial charge is 0.492 e. The van der Waals surface area contributed by atoms with E-state index in [4.69, 9.17) is 16.3 Å². The fourth-order valence-corrected chi connectivity index (χ4v) is 2.10. The second-order valence-corrected chi connectivity index (χ2v) is 5.12. The number of hydrogen-bond acceptors (Lipinski definition) is 2. The SMILES string of the molecule is C=CCCCCCC(COc1cccc(Cl)c1)NC. The van der Waals surface area contributed by atoms with Crippen LogP contribution in [0.1, 0.15) is 32.1 Å². The highest BCUT2D eigenvalue weighted by Crippen LogP contribution is 2.17. The summed E-state index contributed by atoms with van der Waals surface area (Å²) in [6.07, 6.45) is 7.93. The molecule has 0 aliphatic rings. The first-order valence-corrected chi connectivity index (χ1v) is 7.30. The van der Waals surface area contributed by atoms with Gasteiger partial charge in [-0.15, -0.1) is 6.58 Å². The lowest BCUT2D eigenvalue weighted by molar-refractivity contribution is 0.260. The molecule has 0 heterocycles. The lowest BCUT2D eigenvalue weighted by Gasteiger charge is -2.17.